The lowest BCUT2D eigenvalue weighted by Crippen LogP contribution is -2.25. The average Bonchev–Trinajstić information content (AvgIpc) is 3.16. The largest absolute Gasteiger partial charge is 0.485 e. The molecule has 0 unspecified atom stereocenters. The summed E-state index contributed by atoms with van der Waals surface area (Å²) in [5.41, 5.74) is 0.261. The summed E-state index contributed by atoms with van der Waals surface area (Å²) >= 11 is 5.77. The number of halogens is 4. The number of aromatic nitrogens is 6. The highest BCUT2D eigenvalue weighted by Gasteiger charge is 2.34. The molecule has 200 valence electrons. The van der Waals surface area contributed by atoms with Gasteiger partial charge in [-0.25, -0.2) is 23.4 Å². The van der Waals surface area contributed by atoms with Crippen LogP contribution in [0.2, 0.25) is 5.02 Å². The minimum Gasteiger partial charge on any atom is -0.485 e. The number of hydrogen-bond donors (Lipinski definition) is 0. The zero-order valence-corrected chi connectivity index (χ0v) is 21.1. The predicted molar refractivity (Wildman–Crippen MR) is 124 cm³/mol. The standard InChI is InChI=1S/C21H22ClF3N6O5S/c1-2-34-9-14-10-35-18-15(3-5-26-20(18)36-12-21(23,24)25)19-30-29-17(31(14)19)11-37(32,33)6-4-16-27-7-13(22)8-28-16/h3,5,7-8,14H,2,4,6,9-12H2,1H3/t14-/m0/s1. The zero-order valence-electron chi connectivity index (χ0n) is 19.5. The monoisotopic (exact) mass is 562 g/mol. The molecule has 0 saturated heterocycles. The number of sulfone groups is 1. The molecule has 4 rings (SSSR count). The fourth-order valence-electron chi connectivity index (χ4n) is 3.60. The van der Waals surface area contributed by atoms with Crippen molar-refractivity contribution in [1.82, 2.24) is 29.7 Å². The number of ether oxygens (including phenoxy) is 3. The third-order valence-corrected chi connectivity index (χ3v) is 6.93. The lowest BCUT2D eigenvalue weighted by molar-refractivity contribution is -0.154. The van der Waals surface area contributed by atoms with E-state index < -0.39 is 34.4 Å². The molecule has 0 N–H and O–H groups in total. The van der Waals surface area contributed by atoms with Crippen LogP contribution in [0.5, 0.6) is 11.6 Å². The Morgan fingerprint density at radius 3 is 2.68 bits per heavy atom. The number of alkyl halides is 3. The van der Waals surface area contributed by atoms with Crippen LogP contribution in [0.1, 0.15) is 24.6 Å². The first kappa shape index (κ1) is 27.0. The SMILES string of the molecule is CCOC[C@H]1COc2c(ccnc2OCC(F)(F)F)-c2nnc(CS(=O)(=O)CCc3ncc(Cl)cn3)n21. The highest BCUT2D eigenvalue weighted by atomic mass is 35.5. The van der Waals surface area contributed by atoms with Crippen molar-refractivity contribution in [3.63, 3.8) is 0 Å². The van der Waals surface area contributed by atoms with E-state index in [0.29, 0.717) is 17.5 Å². The summed E-state index contributed by atoms with van der Waals surface area (Å²) in [6, 6.07) is 0.910. The van der Waals surface area contributed by atoms with Crippen LogP contribution in [0.4, 0.5) is 13.2 Å². The lowest BCUT2D eigenvalue weighted by Gasteiger charge is -2.19. The molecule has 0 bridgehead atoms. The van der Waals surface area contributed by atoms with E-state index in [1.54, 1.807) is 11.5 Å². The Balaban J connectivity index is 1.64. The van der Waals surface area contributed by atoms with Crippen LogP contribution in [0, 0.1) is 0 Å². The van der Waals surface area contributed by atoms with Crippen LogP contribution in [0.15, 0.2) is 24.7 Å². The summed E-state index contributed by atoms with van der Waals surface area (Å²) < 4.78 is 81.9. The van der Waals surface area contributed by atoms with Crippen molar-refractivity contribution in [3.8, 4) is 23.0 Å². The summed E-state index contributed by atoms with van der Waals surface area (Å²) in [4.78, 5) is 11.9. The first-order valence-corrected chi connectivity index (χ1v) is 13.3. The van der Waals surface area contributed by atoms with Gasteiger partial charge in [0.25, 0.3) is 5.88 Å². The van der Waals surface area contributed by atoms with Crippen molar-refractivity contribution >= 4 is 21.4 Å². The molecule has 1 aliphatic heterocycles. The van der Waals surface area contributed by atoms with Crippen molar-refractivity contribution in [1.29, 1.82) is 0 Å². The number of fused-ring (bicyclic) bond motifs is 3. The maximum atomic E-state index is 12.9. The molecular weight excluding hydrogens is 541 g/mol. The van der Waals surface area contributed by atoms with Crippen LogP contribution in [-0.2, 0) is 26.7 Å². The Kier molecular flexibility index (Phi) is 8.14. The molecular formula is C21H22ClF3N6O5S. The molecule has 0 aromatic carbocycles. The fourth-order valence-corrected chi connectivity index (χ4v) is 4.93. The van der Waals surface area contributed by atoms with Gasteiger partial charge in [-0.2, -0.15) is 13.2 Å². The second-order valence-electron chi connectivity index (χ2n) is 7.99. The molecule has 3 aromatic rings. The third-order valence-electron chi connectivity index (χ3n) is 5.21. The van der Waals surface area contributed by atoms with E-state index in [1.165, 1.54) is 24.7 Å². The average molecular weight is 563 g/mol. The molecule has 16 heteroatoms. The number of rotatable bonds is 10. The van der Waals surface area contributed by atoms with E-state index in [-0.39, 0.29) is 54.2 Å². The van der Waals surface area contributed by atoms with Gasteiger partial charge in [0.2, 0.25) is 0 Å². The molecule has 1 atom stereocenters. The minimum absolute atomic E-state index is 0.0475. The highest BCUT2D eigenvalue weighted by molar-refractivity contribution is 7.90. The summed E-state index contributed by atoms with van der Waals surface area (Å²) in [6.45, 7) is 0.647. The number of hydrogen-bond acceptors (Lipinski definition) is 10. The van der Waals surface area contributed by atoms with Crippen molar-refractivity contribution in [2.24, 2.45) is 0 Å². The van der Waals surface area contributed by atoms with Gasteiger partial charge in [-0.1, -0.05) is 11.6 Å². The maximum absolute atomic E-state index is 12.9. The molecule has 0 saturated carbocycles. The first-order chi connectivity index (χ1) is 17.6. The van der Waals surface area contributed by atoms with Gasteiger partial charge in [0, 0.05) is 31.6 Å². The Morgan fingerprint density at radius 1 is 1.22 bits per heavy atom. The van der Waals surface area contributed by atoms with Gasteiger partial charge in [0.15, 0.2) is 28.0 Å². The molecule has 0 amide bonds. The van der Waals surface area contributed by atoms with E-state index in [0.717, 1.165) is 0 Å². The lowest BCUT2D eigenvalue weighted by atomic mass is 10.2. The van der Waals surface area contributed by atoms with Crippen LogP contribution in [0.25, 0.3) is 11.4 Å². The summed E-state index contributed by atoms with van der Waals surface area (Å²) in [7, 11) is -3.69. The quantitative estimate of drug-likeness (QED) is 0.363. The first-order valence-electron chi connectivity index (χ1n) is 11.1. The molecule has 4 heterocycles. The summed E-state index contributed by atoms with van der Waals surface area (Å²) in [5, 5.41) is 8.58. The Morgan fingerprint density at radius 2 is 1.97 bits per heavy atom. The van der Waals surface area contributed by atoms with Crippen molar-refractivity contribution in [2.45, 2.75) is 31.3 Å². The molecule has 0 fully saturated rings. The highest BCUT2D eigenvalue weighted by Crippen LogP contribution is 2.40. The normalized spacial score (nSPS) is 15.4. The van der Waals surface area contributed by atoms with E-state index in [4.69, 9.17) is 25.8 Å². The Hall–Kier alpha value is -3.04. The fraction of sp³-hybridized carbons (Fsp3) is 0.476. The van der Waals surface area contributed by atoms with Gasteiger partial charge in [-0.15, -0.1) is 10.2 Å². The third kappa shape index (κ3) is 6.84. The smallest absolute Gasteiger partial charge is 0.422 e. The van der Waals surface area contributed by atoms with Gasteiger partial charge >= 0.3 is 6.18 Å². The van der Waals surface area contributed by atoms with Crippen molar-refractivity contribution in [3.05, 3.63) is 41.3 Å². The maximum Gasteiger partial charge on any atom is 0.422 e. The Labute approximate surface area is 214 Å². The van der Waals surface area contributed by atoms with E-state index in [1.807, 2.05) is 0 Å². The van der Waals surface area contributed by atoms with Crippen molar-refractivity contribution < 1.29 is 35.8 Å². The van der Waals surface area contributed by atoms with E-state index in [2.05, 4.69) is 25.1 Å². The molecule has 11 nitrogen and oxygen atoms in total. The van der Waals surface area contributed by atoms with E-state index in [9.17, 15) is 21.6 Å². The van der Waals surface area contributed by atoms with Gasteiger partial charge in [-0.05, 0) is 13.0 Å². The predicted octanol–water partition coefficient (Wildman–Crippen LogP) is 2.85. The Bertz CT molecular complexity index is 1340. The van der Waals surface area contributed by atoms with Crippen LogP contribution in [0.3, 0.4) is 0 Å². The van der Waals surface area contributed by atoms with Gasteiger partial charge in [-0.3, -0.25) is 0 Å². The topological polar surface area (TPSA) is 131 Å². The van der Waals surface area contributed by atoms with Crippen molar-refractivity contribution in [2.75, 3.05) is 32.2 Å². The summed E-state index contributed by atoms with van der Waals surface area (Å²) in [5.74, 6) is -0.464. The number of pyridine rings is 1. The number of nitrogens with zero attached hydrogens (tertiary/aromatic N) is 6. The summed E-state index contributed by atoms with van der Waals surface area (Å²) in [6.07, 6.45) is -0.498. The van der Waals surface area contributed by atoms with Crippen LogP contribution in [-0.4, -0.2) is 76.5 Å². The minimum atomic E-state index is -4.58. The molecule has 37 heavy (non-hydrogen) atoms. The van der Waals surface area contributed by atoms with Gasteiger partial charge in [0.05, 0.1) is 29.0 Å². The molecule has 0 aliphatic carbocycles. The van der Waals surface area contributed by atoms with Gasteiger partial charge < -0.3 is 18.8 Å². The zero-order chi connectivity index (χ0) is 26.6. The van der Waals surface area contributed by atoms with Gasteiger partial charge in [0.1, 0.15) is 24.0 Å². The van der Waals surface area contributed by atoms with Crippen LogP contribution < -0.4 is 9.47 Å². The molecule has 0 spiro atoms. The van der Waals surface area contributed by atoms with Crippen LogP contribution >= 0.6 is 11.6 Å². The van der Waals surface area contributed by atoms with E-state index >= 15 is 0 Å². The molecule has 0 radical (unpaired) electrons. The number of aryl methyl sites for hydroxylation is 1. The molecule has 3 aromatic heterocycles. The molecule has 1 aliphatic rings. The second kappa shape index (κ2) is 11.1. The second-order valence-corrected chi connectivity index (χ2v) is 10.6.